The Morgan fingerprint density at radius 3 is 2.89 bits per heavy atom. The minimum atomic E-state index is -0.593. The molecular weight excluding hydrogens is 356 g/mol. The predicted molar refractivity (Wildman–Crippen MR) is 106 cm³/mol. The molecule has 1 aliphatic heterocycles. The summed E-state index contributed by atoms with van der Waals surface area (Å²) in [7, 11) is 0. The fourth-order valence-electron chi connectivity index (χ4n) is 4.80. The van der Waals surface area contributed by atoms with Crippen LogP contribution in [0.15, 0.2) is 23.8 Å². The molecule has 2 aliphatic carbocycles. The average Bonchev–Trinajstić information content (AvgIpc) is 2.66. The van der Waals surface area contributed by atoms with Crippen molar-refractivity contribution in [2.24, 2.45) is 23.7 Å². The molecule has 1 saturated heterocycles. The van der Waals surface area contributed by atoms with Gasteiger partial charge in [-0.15, -0.1) is 0 Å². The van der Waals surface area contributed by atoms with Gasteiger partial charge in [-0.25, -0.2) is 0 Å². The summed E-state index contributed by atoms with van der Waals surface area (Å²) < 4.78 is 11.4. The van der Waals surface area contributed by atoms with Gasteiger partial charge in [-0.1, -0.05) is 39.0 Å². The van der Waals surface area contributed by atoms with Crippen LogP contribution in [0.5, 0.6) is 0 Å². The van der Waals surface area contributed by atoms with E-state index in [0.29, 0.717) is 18.3 Å². The lowest BCUT2D eigenvalue weighted by Crippen LogP contribution is -2.40. The maximum Gasteiger partial charge on any atom is 0.308 e. The van der Waals surface area contributed by atoms with E-state index in [2.05, 4.69) is 25.2 Å². The number of hydrogen-bond donors (Lipinski definition) is 1. The molecule has 0 bridgehead atoms. The molecule has 1 unspecified atom stereocenters. The number of aliphatic hydroxyl groups is 1. The zero-order valence-electron chi connectivity index (χ0n) is 17.3. The van der Waals surface area contributed by atoms with Crippen molar-refractivity contribution in [3.63, 3.8) is 0 Å². The summed E-state index contributed by atoms with van der Waals surface area (Å²) in [5.41, 5.74) is 1.27. The third kappa shape index (κ3) is 4.86. The van der Waals surface area contributed by atoms with Crippen molar-refractivity contribution in [1.29, 1.82) is 0 Å². The first-order valence-corrected chi connectivity index (χ1v) is 10.8. The minimum Gasteiger partial charge on any atom is -0.462 e. The number of hydrogen-bond acceptors (Lipinski definition) is 5. The summed E-state index contributed by atoms with van der Waals surface area (Å²) in [6, 6.07) is 0. The highest BCUT2D eigenvalue weighted by Crippen LogP contribution is 2.44. The molecule has 1 heterocycles. The van der Waals surface area contributed by atoms with Crippen molar-refractivity contribution >= 4 is 11.9 Å². The minimum absolute atomic E-state index is 0.0764. The third-order valence-corrected chi connectivity index (χ3v) is 6.69. The first kappa shape index (κ1) is 21.1. The molecule has 0 saturated carbocycles. The maximum absolute atomic E-state index is 12.4. The number of cyclic esters (lactones) is 1. The largest absolute Gasteiger partial charge is 0.462 e. The molecule has 0 aromatic rings. The van der Waals surface area contributed by atoms with Gasteiger partial charge in [0.05, 0.1) is 18.4 Å². The second kappa shape index (κ2) is 9.25. The zero-order chi connectivity index (χ0) is 20.3. The molecule has 1 N–H and O–H groups in total. The van der Waals surface area contributed by atoms with E-state index in [0.717, 1.165) is 32.1 Å². The number of aliphatic hydroxyl groups excluding tert-OH is 1. The van der Waals surface area contributed by atoms with E-state index in [9.17, 15) is 14.7 Å². The van der Waals surface area contributed by atoms with Crippen molar-refractivity contribution in [1.82, 2.24) is 0 Å². The van der Waals surface area contributed by atoms with Crippen molar-refractivity contribution in [3.05, 3.63) is 23.8 Å². The highest BCUT2D eigenvalue weighted by Gasteiger charge is 2.40. The van der Waals surface area contributed by atoms with Gasteiger partial charge in [-0.3, -0.25) is 9.59 Å². The quantitative estimate of drug-likeness (QED) is 0.695. The van der Waals surface area contributed by atoms with Gasteiger partial charge in [0.25, 0.3) is 0 Å². The van der Waals surface area contributed by atoms with Crippen molar-refractivity contribution in [2.45, 2.75) is 84.0 Å². The first-order chi connectivity index (χ1) is 13.4. The van der Waals surface area contributed by atoms with Gasteiger partial charge in [-0.05, 0) is 49.5 Å². The molecule has 1 fully saturated rings. The van der Waals surface area contributed by atoms with Gasteiger partial charge < -0.3 is 14.6 Å². The molecular formula is C23H34O5. The molecule has 156 valence electrons. The van der Waals surface area contributed by atoms with Crippen LogP contribution < -0.4 is 0 Å². The van der Waals surface area contributed by atoms with Crippen LogP contribution in [0.4, 0.5) is 0 Å². The SMILES string of the molecule is CCC(C)C(=O)O[C@H]1CCC=C2C=C[C@H](C)[C@H](CC[C@@H]3C[C@@H](O)CC(=O)O3)[C@H]21. The van der Waals surface area contributed by atoms with E-state index in [4.69, 9.17) is 9.47 Å². The number of ether oxygens (including phenoxy) is 2. The van der Waals surface area contributed by atoms with E-state index in [1.807, 2.05) is 13.8 Å². The van der Waals surface area contributed by atoms with Gasteiger partial charge in [-0.2, -0.15) is 0 Å². The molecule has 3 aliphatic rings. The number of fused-ring (bicyclic) bond motifs is 1. The van der Waals surface area contributed by atoms with Gasteiger partial charge in [0.2, 0.25) is 0 Å². The standard InChI is InChI=1S/C23H34O5/c1-4-14(2)23(26)28-20-7-5-6-16-9-8-15(3)19(22(16)20)11-10-18-12-17(24)13-21(25)27-18/h6,8-9,14-15,17-20,22,24H,4-5,7,10-13H2,1-3H3/t14?,15-,17+,18+,19-,20-,22-/m0/s1. The Kier molecular flexibility index (Phi) is 6.97. The molecule has 3 rings (SSSR count). The van der Waals surface area contributed by atoms with Crippen LogP contribution >= 0.6 is 0 Å². The molecule has 0 spiro atoms. The van der Waals surface area contributed by atoms with E-state index in [-0.39, 0.29) is 42.4 Å². The van der Waals surface area contributed by atoms with Crippen LogP contribution in [0.2, 0.25) is 0 Å². The van der Waals surface area contributed by atoms with Crippen LogP contribution in [-0.2, 0) is 19.1 Å². The van der Waals surface area contributed by atoms with Crippen LogP contribution in [0, 0.1) is 23.7 Å². The molecule has 0 radical (unpaired) electrons. The highest BCUT2D eigenvalue weighted by atomic mass is 16.5. The summed E-state index contributed by atoms with van der Waals surface area (Å²) in [6.45, 7) is 6.14. The first-order valence-electron chi connectivity index (χ1n) is 10.8. The molecule has 0 amide bonds. The molecule has 7 atom stereocenters. The van der Waals surface area contributed by atoms with Gasteiger partial charge in [0.1, 0.15) is 12.2 Å². The van der Waals surface area contributed by atoms with Crippen molar-refractivity contribution in [3.8, 4) is 0 Å². The lowest BCUT2D eigenvalue weighted by atomic mass is 9.66. The number of rotatable bonds is 6. The molecule has 0 aromatic carbocycles. The molecule has 5 heteroatoms. The Bertz CT molecular complexity index is 637. The van der Waals surface area contributed by atoms with E-state index < -0.39 is 6.10 Å². The summed E-state index contributed by atoms with van der Waals surface area (Å²) >= 11 is 0. The number of carbonyl (C=O) groups is 2. The molecule has 28 heavy (non-hydrogen) atoms. The lowest BCUT2D eigenvalue weighted by Gasteiger charge is -2.42. The van der Waals surface area contributed by atoms with Crippen LogP contribution in [0.3, 0.4) is 0 Å². The van der Waals surface area contributed by atoms with Crippen molar-refractivity contribution in [2.75, 3.05) is 0 Å². The fraction of sp³-hybridized carbons (Fsp3) is 0.739. The van der Waals surface area contributed by atoms with E-state index in [1.165, 1.54) is 5.57 Å². The van der Waals surface area contributed by atoms with E-state index in [1.54, 1.807) is 0 Å². The fourth-order valence-corrected chi connectivity index (χ4v) is 4.80. The zero-order valence-corrected chi connectivity index (χ0v) is 17.3. The average molecular weight is 391 g/mol. The van der Waals surface area contributed by atoms with Crippen LogP contribution in [0.1, 0.15) is 65.7 Å². The Balaban J connectivity index is 1.70. The van der Waals surface area contributed by atoms with Crippen LogP contribution in [0.25, 0.3) is 0 Å². The second-order valence-electron chi connectivity index (χ2n) is 8.76. The van der Waals surface area contributed by atoms with Crippen LogP contribution in [-0.4, -0.2) is 35.4 Å². The van der Waals surface area contributed by atoms with Gasteiger partial charge >= 0.3 is 11.9 Å². The Morgan fingerprint density at radius 1 is 1.39 bits per heavy atom. The summed E-state index contributed by atoms with van der Waals surface area (Å²) in [5.74, 6) is 0.426. The molecule has 5 nitrogen and oxygen atoms in total. The third-order valence-electron chi connectivity index (χ3n) is 6.69. The van der Waals surface area contributed by atoms with Crippen molar-refractivity contribution < 1.29 is 24.2 Å². The summed E-state index contributed by atoms with van der Waals surface area (Å²) in [5, 5.41) is 9.86. The Labute approximate surface area is 168 Å². The van der Waals surface area contributed by atoms with Gasteiger partial charge in [0.15, 0.2) is 0 Å². The second-order valence-corrected chi connectivity index (χ2v) is 8.76. The monoisotopic (exact) mass is 390 g/mol. The number of carbonyl (C=O) groups excluding carboxylic acids is 2. The topological polar surface area (TPSA) is 72.8 Å². The Morgan fingerprint density at radius 2 is 2.18 bits per heavy atom. The normalized spacial score (nSPS) is 36.1. The number of allylic oxidation sites excluding steroid dienone is 3. The Hall–Kier alpha value is -1.62. The smallest absolute Gasteiger partial charge is 0.308 e. The maximum atomic E-state index is 12.4. The van der Waals surface area contributed by atoms with E-state index >= 15 is 0 Å². The molecule has 0 aromatic heterocycles. The summed E-state index contributed by atoms with van der Waals surface area (Å²) in [6.07, 6.45) is 10.6. The summed E-state index contributed by atoms with van der Waals surface area (Å²) in [4.78, 5) is 24.1. The highest BCUT2D eigenvalue weighted by molar-refractivity contribution is 5.72. The van der Waals surface area contributed by atoms with Gasteiger partial charge in [0, 0.05) is 12.3 Å². The lowest BCUT2D eigenvalue weighted by molar-refractivity contribution is -0.162. The predicted octanol–water partition coefficient (Wildman–Crippen LogP) is 3.95. The number of esters is 2.